The smallest absolute Gasteiger partial charge is 0.0831 e. The predicted molar refractivity (Wildman–Crippen MR) is 174 cm³/mol. The highest BCUT2D eigenvalue weighted by Gasteiger charge is 2.32. The van der Waals surface area contributed by atoms with E-state index in [0.29, 0.717) is 0 Å². The lowest BCUT2D eigenvalue weighted by Crippen LogP contribution is -2.20. The molecular formula is C38H34N4. The highest BCUT2D eigenvalue weighted by Crippen LogP contribution is 2.40. The Morgan fingerprint density at radius 2 is 0.810 bits per heavy atom. The molecule has 2 unspecified atom stereocenters. The monoisotopic (exact) mass is 546 g/mol. The van der Waals surface area contributed by atoms with Crippen molar-refractivity contribution in [1.29, 1.82) is 0 Å². The van der Waals surface area contributed by atoms with Crippen LogP contribution in [0.1, 0.15) is 58.3 Å². The minimum absolute atomic E-state index is 0.130. The molecule has 0 fully saturated rings. The van der Waals surface area contributed by atoms with Gasteiger partial charge in [-0.25, -0.2) is 0 Å². The second-order valence-corrected chi connectivity index (χ2v) is 11.3. The van der Waals surface area contributed by atoms with Crippen LogP contribution in [0.15, 0.2) is 144 Å². The van der Waals surface area contributed by atoms with Crippen molar-refractivity contribution < 1.29 is 0 Å². The molecule has 0 bridgehead atoms. The van der Waals surface area contributed by atoms with E-state index < -0.39 is 0 Å². The SMILES string of the molecule is Cc1ccc(C2=NN(c3ccccc3)C(c3ccc(C4CC(c5ccc(C)cc5)=NN4c4ccccc4)cc3)C2)cc1. The Labute approximate surface area is 248 Å². The van der Waals surface area contributed by atoms with E-state index in [0.717, 1.165) is 35.6 Å². The van der Waals surface area contributed by atoms with E-state index in [2.05, 4.69) is 157 Å². The quantitative estimate of drug-likeness (QED) is 0.213. The fraction of sp³-hybridized carbons (Fsp3) is 0.158. The number of rotatable bonds is 6. The topological polar surface area (TPSA) is 31.2 Å². The molecule has 2 atom stereocenters. The molecule has 2 aliphatic heterocycles. The summed E-state index contributed by atoms with van der Waals surface area (Å²) in [6.45, 7) is 4.25. The molecule has 0 aromatic heterocycles. The van der Waals surface area contributed by atoms with E-state index in [1.54, 1.807) is 0 Å². The number of nitrogens with zero attached hydrogens (tertiary/aromatic N) is 4. The summed E-state index contributed by atoms with van der Waals surface area (Å²) in [7, 11) is 0. The van der Waals surface area contributed by atoms with Crippen LogP contribution in [0, 0.1) is 13.8 Å². The van der Waals surface area contributed by atoms with Crippen LogP contribution in [-0.4, -0.2) is 11.4 Å². The fourth-order valence-electron chi connectivity index (χ4n) is 5.96. The summed E-state index contributed by atoms with van der Waals surface area (Å²) >= 11 is 0. The Morgan fingerprint density at radius 1 is 0.452 bits per heavy atom. The minimum atomic E-state index is 0.130. The van der Waals surface area contributed by atoms with Gasteiger partial charge in [-0.1, -0.05) is 120 Å². The lowest BCUT2D eigenvalue weighted by Gasteiger charge is -2.26. The van der Waals surface area contributed by atoms with Crippen LogP contribution >= 0.6 is 0 Å². The molecule has 4 heteroatoms. The third-order valence-corrected chi connectivity index (χ3v) is 8.34. The number of benzene rings is 5. The number of hydrazone groups is 2. The van der Waals surface area contributed by atoms with E-state index in [-0.39, 0.29) is 12.1 Å². The van der Waals surface area contributed by atoms with E-state index >= 15 is 0 Å². The summed E-state index contributed by atoms with van der Waals surface area (Å²) in [5, 5.41) is 14.7. The fourth-order valence-corrected chi connectivity index (χ4v) is 5.96. The molecule has 0 amide bonds. The Bertz CT molecular complexity index is 1590. The summed E-state index contributed by atoms with van der Waals surface area (Å²) in [4.78, 5) is 0. The molecule has 7 rings (SSSR count). The molecule has 0 aliphatic carbocycles. The van der Waals surface area contributed by atoms with Crippen molar-refractivity contribution in [2.75, 3.05) is 10.0 Å². The molecule has 0 saturated heterocycles. The lowest BCUT2D eigenvalue weighted by molar-refractivity contribution is 0.696. The van der Waals surface area contributed by atoms with E-state index in [9.17, 15) is 0 Å². The number of para-hydroxylation sites is 2. The molecule has 0 saturated carbocycles. The van der Waals surface area contributed by atoms with Gasteiger partial charge in [0.15, 0.2) is 0 Å². The zero-order valence-corrected chi connectivity index (χ0v) is 24.1. The van der Waals surface area contributed by atoms with E-state index in [4.69, 9.17) is 10.2 Å². The first-order valence-corrected chi connectivity index (χ1v) is 14.7. The number of aryl methyl sites for hydroxylation is 2. The molecule has 0 spiro atoms. The zero-order valence-electron chi connectivity index (χ0n) is 24.1. The van der Waals surface area contributed by atoms with Crippen LogP contribution in [-0.2, 0) is 0 Å². The van der Waals surface area contributed by atoms with E-state index in [1.165, 1.54) is 33.4 Å². The van der Waals surface area contributed by atoms with Crippen LogP contribution in [0.2, 0.25) is 0 Å². The maximum absolute atomic E-state index is 5.14. The number of anilines is 2. The second-order valence-electron chi connectivity index (χ2n) is 11.3. The lowest BCUT2D eigenvalue weighted by atomic mass is 9.94. The zero-order chi connectivity index (χ0) is 28.5. The van der Waals surface area contributed by atoms with Crippen molar-refractivity contribution in [3.05, 3.63) is 167 Å². The summed E-state index contributed by atoms with van der Waals surface area (Å²) in [6, 6.07) is 47.8. The van der Waals surface area contributed by atoms with Crippen LogP contribution in [0.5, 0.6) is 0 Å². The van der Waals surface area contributed by atoms with Gasteiger partial charge in [-0.15, -0.1) is 0 Å². The van der Waals surface area contributed by atoms with Crippen LogP contribution in [0.3, 0.4) is 0 Å². The van der Waals surface area contributed by atoms with Gasteiger partial charge in [0.05, 0.1) is 34.9 Å². The van der Waals surface area contributed by atoms with Crippen LogP contribution < -0.4 is 10.0 Å². The third kappa shape index (κ3) is 5.12. The molecule has 5 aromatic carbocycles. The van der Waals surface area contributed by atoms with Crippen LogP contribution in [0.4, 0.5) is 11.4 Å². The van der Waals surface area contributed by atoms with Crippen LogP contribution in [0.25, 0.3) is 0 Å². The van der Waals surface area contributed by atoms with Gasteiger partial charge in [0.25, 0.3) is 0 Å². The Morgan fingerprint density at radius 3 is 1.17 bits per heavy atom. The van der Waals surface area contributed by atoms with Gasteiger partial charge in [-0.2, -0.15) is 10.2 Å². The van der Waals surface area contributed by atoms with Crippen molar-refractivity contribution in [3.63, 3.8) is 0 Å². The van der Waals surface area contributed by atoms with E-state index in [1.807, 2.05) is 0 Å². The molecule has 2 aliphatic rings. The van der Waals surface area contributed by atoms with Crippen molar-refractivity contribution >= 4 is 22.8 Å². The summed E-state index contributed by atoms with van der Waals surface area (Å²) in [5.41, 5.74) is 11.9. The van der Waals surface area contributed by atoms with Crippen molar-refractivity contribution in [2.24, 2.45) is 10.2 Å². The first-order valence-electron chi connectivity index (χ1n) is 14.7. The van der Waals surface area contributed by atoms with Crippen molar-refractivity contribution in [2.45, 2.75) is 38.8 Å². The molecule has 42 heavy (non-hydrogen) atoms. The van der Waals surface area contributed by atoms with Gasteiger partial charge in [0.2, 0.25) is 0 Å². The Hall–Kier alpha value is -4.96. The summed E-state index contributed by atoms with van der Waals surface area (Å²) in [5.74, 6) is 0. The predicted octanol–water partition coefficient (Wildman–Crippen LogP) is 9.01. The van der Waals surface area contributed by atoms with Crippen molar-refractivity contribution in [1.82, 2.24) is 0 Å². The maximum Gasteiger partial charge on any atom is 0.0831 e. The molecule has 0 radical (unpaired) electrons. The van der Waals surface area contributed by atoms with Gasteiger partial charge in [-0.3, -0.25) is 10.0 Å². The average molecular weight is 547 g/mol. The largest absolute Gasteiger partial charge is 0.257 e. The van der Waals surface area contributed by atoms with Gasteiger partial charge in [-0.05, 0) is 60.4 Å². The molecule has 2 heterocycles. The Balaban J connectivity index is 1.19. The number of hydrogen-bond acceptors (Lipinski definition) is 4. The summed E-state index contributed by atoms with van der Waals surface area (Å²) in [6.07, 6.45) is 1.72. The first-order chi connectivity index (χ1) is 20.6. The second kappa shape index (κ2) is 11.1. The number of hydrogen-bond donors (Lipinski definition) is 0. The van der Waals surface area contributed by atoms with Gasteiger partial charge < -0.3 is 0 Å². The first kappa shape index (κ1) is 26.0. The molecule has 4 nitrogen and oxygen atoms in total. The Kier molecular flexibility index (Phi) is 6.89. The molecule has 0 N–H and O–H groups in total. The summed E-state index contributed by atoms with van der Waals surface area (Å²) < 4.78 is 0. The average Bonchev–Trinajstić information content (AvgIpc) is 3.69. The highest BCUT2D eigenvalue weighted by atomic mass is 15.5. The van der Waals surface area contributed by atoms with Gasteiger partial charge in [0, 0.05) is 12.8 Å². The highest BCUT2D eigenvalue weighted by molar-refractivity contribution is 6.04. The normalized spacial score (nSPS) is 18.2. The molecular weight excluding hydrogens is 512 g/mol. The molecule has 5 aromatic rings. The van der Waals surface area contributed by atoms with Gasteiger partial charge >= 0.3 is 0 Å². The third-order valence-electron chi connectivity index (χ3n) is 8.34. The van der Waals surface area contributed by atoms with Crippen molar-refractivity contribution in [3.8, 4) is 0 Å². The maximum atomic E-state index is 5.14. The standard InChI is InChI=1S/C38H34N4/c1-27-13-17-29(18-14-27)35-25-37(41(39-35)33-9-5-3-6-10-33)31-21-23-32(24-22-31)38-26-36(30-19-15-28(2)16-20-30)40-42(38)34-11-7-4-8-12-34/h3-24,37-38H,25-26H2,1-2H3. The minimum Gasteiger partial charge on any atom is -0.257 e. The van der Waals surface area contributed by atoms with Gasteiger partial charge in [0.1, 0.15) is 0 Å². The molecule has 206 valence electrons.